The molecular formula is C28H29N3O5. The van der Waals surface area contributed by atoms with Gasteiger partial charge in [0.05, 0.1) is 6.61 Å². The summed E-state index contributed by atoms with van der Waals surface area (Å²) in [5, 5.41) is 13.2. The number of nitrogens with zero attached hydrogens (tertiary/aromatic N) is 2. The van der Waals surface area contributed by atoms with Crippen LogP contribution in [0.3, 0.4) is 0 Å². The van der Waals surface area contributed by atoms with E-state index in [1.807, 2.05) is 30.3 Å². The van der Waals surface area contributed by atoms with Crippen molar-refractivity contribution >= 4 is 28.5 Å². The standard InChI is InChI=1S/C28H29N3O5/c32-16-23(27(34)31-12-9-17-5-1-2-6-19(17)15-31)29-26(33)22-14-20-13-18-7-3-10-30-11-4-8-21(24(18)30)25(20)36-28(22)35/h1-2,5-6,13-14,23,32H,3-4,7-12,15-16H2,(H,29,33)/t23-/m0/s1. The third-order valence-electron chi connectivity index (χ3n) is 7.69. The van der Waals surface area contributed by atoms with Gasteiger partial charge in [0, 0.05) is 42.8 Å². The van der Waals surface area contributed by atoms with Crippen LogP contribution in [0.4, 0.5) is 5.69 Å². The minimum atomic E-state index is -1.14. The van der Waals surface area contributed by atoms with Crippen LogP contribution in [-0.4, -0.2) is 54.1 Å². The molecule has 8 nitrogen and oxygen atoms in total. The number of aliphatic hydroxyl groups excluding tert-OH is 1. The number of aliphatic hydroxyl groups is 1. The third-order valence-corrected chi connectivity index (χ3v) is 7.69. The number of carbonyl (C=O) groups excluding carboxylic acids is 2. The Bertz CT molecular complexity index is 1430. The number of rotatable bonds is 4. The largest absolute Gasteiger partial charge is 0.422 e. The van der Waals surface area contributed by atoms with Crippen molar-refractivity contribution in [2.24, 2.45) is 0 Å². The van der Waals surface area contributed by atoms with Gasteiger partial charge in [0.2, 0.25) is 5.91 Å². The molecule has 4 heterocycles. The second kappa shape index (κ2) is 9.09. The van der Waals surface area contributed by atoms with E-state index in [2.05, 4.69) is 10.2 Å². The predicted octanol–water partition coefficient (Wildman–Crippen LogP) is 2.17. The van der Waals surface area contributed by atoms with Crippen molar-refractivity contribution in [2.45, 2.75) is 44.7 Å². The van der Waals surface area contributed by atoms with Crippen LogP contribution in [0, 0.1) is 0 Å². The quantitative estimate of drug-likeness (QED) is 0.547. The molecule has 0 spiro atoms. The second-order valence-corrected chi connectivity index (χ2v) is 9.91. The molecular weight excluding hydrogens is 458 g/mol. The summed E-state index contributed by atoms with van der Waals surface area (Å²) < 4.78 is 5.71. The van der Waals surface area contributed by atoms with Gasteiger partial charge in [-0.1, -0.05) is 24.3 Å². The molecule has 36 heavy (non-hydrogen) atoms. The van der Waals surface area contributed by atoms with Crippen molar-refractivity contribution in [2.75, 3.05) is 31.1 Å². The minimum Gasteiger partial charge on any atom is -0.422 e. The Balaban J connectivity index is 1.26. The molecule has 1 atom stereocenters. The van der Waals surface area contributed by atoms with Gasteiger partial charge >= 0.3 is 5.63 Å². The Labute approximate surface area is 208 Å². The van der Waals surface area contributed by atoms with Crippen LogP contribution in [0.25, 0.3) is 11.0 Å². The van der Waals surface area contributed by atoms with Gasteiger partial charge < -0.3 is 24.6 Å². The molecule has 2 amide bonds. The summed E-state index contributed by atoms with van der Waals surface area (Å²) in [7, 11) is 0. The number of fused-ring (bicyclic) bond motifs is 3. The van der Waals surface area contributed by atoms with E-state index in [0.717, 1.165) is 55.3 Å². The predicted molar refractivity (Wildman–Crippen MR) is 135 cm³/mol. The first-order chi connectivity index (χ1) is 17.5. The fraction of sp³-hybridized carbons (Fsp3) is 0.393. The van der Waals surface area contributed by atoms with Gasteiger partial charge in [0.1, 0.15) is 17.2 Å². The molecule has 6 rings (SSSR count). The van der Waals surface area contributed by atoms with Gasteiger partial charge in [0.25, 0.3) is 5.91 Å². The highest BCUT2D eigenvalue weighted by atomic mass is 16.4. The molecule has 0 radical (unpaired) electrons. The van der Waals surface area contributed by atoms with Gasteiger partial charge in [-0.3, -0.25) is 9.59 Å². The molecule has 2 N–H and O–H groups in total. The molecule has 0 bridgehead atoms. The van der Waals surface area contributed by atoms with E-state index in [1.165, 1.54) is 16.8 Å². The third kappa shape index (κ3) is 3.86. The number of hydrogen-bond acceptors (Lipinski definition) is 6. The van der Waals surface area contributed by atoms with Crippen molar-refractivity contribution in [3.8, 4) is 0 Å². The minimum absolute atomic E-state index is 0.159. The average molecular weight is 488 g/mol. The highest BCUT2D eigenvalue weighted by Crippen LogP contribution is 2.39. The van der Waals surface area contributed by atoms with E-state index >= 15 is 0 Å². The number of amides is 2. The Morgan fingerprint density at radius 1 is 1.00 bits per heavy atom. The van der Waals surface area contributed by atoms with Crippen molar-refractivity contribution in [3.63, 3.8) is 0 Å². The maximum absolute atomic E-state index is 13.1. The SMILES string of the molecule is O=C(N[C@@H](CO)C(=O)N1CCc2ccccc2C1)c1cc2cc3c4c(c2oc1=O)CCCN4CCC3. The Kier molecular flexibility index (Phi) is 5.76. The number of aryl methyl sites for hydroxylation is 2. The summed E-state index contributed by atoms with van der Waals surface area (Å²) >= 11 is 0. The zero-order chi connectivity index (χ0) is 24.8. The zero-order valence-corrected chi connectivity index (χ0v) is 20.1. The summed E-state index contributed by atoms with van der Waals surface area (Å²) in [6.07, 6.45) is 4.58. The summed E-state index contributed by atoms with van der Waals surface area (Å²) in [6, 6.07) is 10.4. The first-order valence-electron chi connectivity index (χ1n) is 12.7. The summed E-state index contributed by atoms with van der Waals surface area (Å²) in [5.41, 5.74) is 5.36. The van der Waals surface area contributed by atoms with E-state index in [-0.39, 0.29) is 11.5 Å². The van der Waals surface area contributed by atoms with E-state index in [9.17, 15) is 19.5 Å². The van der Waals surface area contributed by atoms with Crippen LogP contribution in [0.2, 0.25) is 0 Å². The second-order valence-electron chi connectivity index (χ2n) is 9.91. The molecule has 0 fully saturated rings. The summed E-state index contributed by atoms with van der Waals surface area (Å²) in [6.45, 7) is 2.38. The summed E-state index contributed by atoms with van der Waals surface area (Å²) in [5.74, 6) is -1.09. The lowest BCUT2D eigenvalue weighted by molar-refractivity contribution is -0.135. The molecule has 3 aliphatic heterocycles. The highest BCUT2D eigenvalue weighted by Gasteiger charge is 2.31. The van der Waals surface area contributed by atoms with E-state index in [0.29, 0.717) is 25.1 Å². The van der Waals surface area contributed by atoms with Crippen LogP contribution in [-0.2, 0) is 30.6 Å². The smallest absolute Gasteiger partial charge is 0.349 e. The maximum atomic E-state index is 13.1. The number of carbonyl (C=O) groups is 2. The molecule has 2 aromatic carbocycles. The van der Waals surface area contributed by atoms with Gasteiger partial charge in [-0.25, -0.2) is 4.79 Å². The lowest BCUT2D eigenvalue weighted by atomic mass is 9.90. The molecule has 0 aliphatic carbocycles. The molecule has 0 saturated heterocycles. The van der Waals surface area contributed by atoms with Crippen molar-refractivity contribution in [3.05, 3.63) is 74.6 Å². The summed E-state index contributed by atoms with van der Waals surface area (Å²) in [4.78, 5) is 43.1. The Morgan fingerprint density at radius 2 is 1.78 bits per heavy atom. The number of benzene rings is 2. The van der Waals surface area contributed by atoms with Gasteiger partial charge in [-0.05, 0) is 60.9 Å². The van der Waals surface area contributed by atoms with E-state index in [4.69, 9.17) is 4.42 Å². The highest BCUT2D eigenvalue weighted by molar-refractivity contribution is 6.00. The molecule has 8 heteroatoms. The molecule has 186 valence electrons. The Morgan fingerprint density at radius 3 is 2.58 bits per heavy atom. The number of hydrogen-bond donors (Lipinski definition) is 2. The van der Waals surface area contributed by atoms with Crippen LogP contribution in [0.1, 0.15) is 45.5 Å². The van der Waals surface area contributed by atoms with Crippen molar-refractivity contribution in [1.29, 1.82) is 0 Å². The van der Waals surface area contributed by atoms with E-state index < -0.39 is 24.2 Å². The van der Waals surface area contributed by atoms with E-state index in [1.54, 1.807) is 11.0 Å². The first kappa shape index (κ1) is 22.8. The lowest BCUT2D eigenvalue weighted by Gasteiger charge is -2.37. The maximum Gasteiger partial charge on any atom is 0.349 e. The molecule has 1 aromatic heterocycles. The fourth-order valence-electron chi connectivity index (χ4n) is 5.93. The molecule has 0 saturated carbocycles. The fourth-order valence-corrected chi connectivity index (χ4v) is 5.93. The number of nitrogens with one attached hydrogen (secondary N) is 1. The monoisotopic (exact) mass is 487 g/mol. The lowest BCUT2D eigenvalue weighted by Crippen LogP contribution is -2.52. The average Bonchev–Trinajstić information content (AvgIpc) is 2.91. The molecule has 3 aromatic rings. The molecule has 0 unspecified atom stereocenters. The normalized spacial score (nSPS) is 17.4. The van der Waals surface area contributed by atoms with Gasteiger partial charge in [-0.2, -0.15) is 0 Å². The topological polar surface area (TPSA) is 103 Å². The number of anilines is 1. The zero-order valence-electron chi connectivity index (χ0n) is 20.1. The first-order valence-corrected chi connectivity index (χ1v) is 12.7. The molecule has 3 aliphatic rings. The Hall–Kier alpha value is -3.65. The van der Waals surface area contributed by atoms with Crippen molar-refractivity contribution in [1.82, 2.24) is 10.2 Å². The van der Waals surface area contributed by atoms with Gasteiger partial charge in [-0.15, -0.1) is 0 Å². The van der Waals surface area contributed by atoms with Crippen molar-refractivity contribution < 1.29 is 19.1 Å². The van der Waals surface area contributed by atoms with Crippen LogP contribution >= 0.6 is 0 Å². The van der Waals surface area contributed by atoms with Crippen LogP contribution < -0.4 is 15.8 Å². The van der Waals surface area contributed by atoms with Gasteiger partial charge in [0.15, 0.2) is 0 Å². The van der Waals surface area contributed by atoms with Crippen LogP contribution in [0.15, 0.2) is 45.6 Å². The van der Waals surface area contributed by atoms with Crippen LogP contribution in [0.5, 0.6) is 0 Å².